The van der Waals surface area contributed by atoms with E-state index in [1.807, 2.05) is 0 Å². The lowest BCUT2D eigenvalue weighted by Gasteiger charge is -2.25. The molecule has 0 aliphatic rings. The van der Waals surface area contributed by atoms with Crippen molar-refractivity contribution in [3.63, 3.8) is 0 Å². The first-order valence-corrected chi connectivity index (χ1v) is 20.8. The lowest BCUT2D eigenvalue weighted by molar-refractivity contribution is -0.138. The summed E-state index contributed by atoms with van der Waals surface area (Å²) in [7, 11) is 0. The highest BCUT2D eigenvalue weighted by atomic mass is 19.4. The van der Waals surface area contributed by atoms with Crippen LogP contribution in [0.5, 0.6) is 46.5 Å². The third-order valence-corrected chi connectivity index (χ3v) is 10.5. The lowest BCUT2D eigenvalue weighted by Crippen LogP contribution is -2.22. The summed E-state index contributed by atoms with van der Waals surface area (Å²) in [5, 5.41) is 0. The molecule has 20 heteroatoms. The van der Waals surface area contributed by atoms with Gasteiger partial charge in [-0.15, -0.1) is 0 Å². The maximum atomic E-state index is 13.7. The maximum absolute atomic E-state index is 13.7. The van der Waals surface area contributed by atoms with Crippen LogP contribution in [0.25, 0.3) is 22.5 Å². The standard InChI is InChI=1S/C51H32F12N4O4/c1-47(2,41-19-7-17-39(64-41)37-21-23-43(68-33-13-3-9-29(25-33)48(52,53)54)66-45(37)70-35-15-5-11-31(27-35)50(58,59)60)42-20-8-18-40(65-42)38-22-24-44(69-34-14-4-10-30(26-34)49(55,56)57)67-46(38)71-36-16-6-12-32(28-36)51(61,62)63/h3-28H,1-2H3. The molecule has 4 aromatic carbocycles. The number of hydrogen-bond acceptors (Lipinski definition) is 8. The molecule has 0 radical (unpaired) electrons. The molecule has 0 aliphatic carbocycles. The highest BCUT2D eigenvalue weighted by Crippen LogP contribution is 2.42. The topological polar surface area (TPSA) is 88.5 Å². The Morgan fingerprint density at radius 1 is 0.324 bits per heavy atom. The van der Waals surface area contributed by atoms with Gasteiger partial charge < -0.3 is 18.9 Å². The minimum atomic E-state index is -4.74. The Bertz CT molecular complexity index is 3020. The first kappa shape index (κ1) is 49.3. The molecule has 4 heterocycles. The molecule has 0 fully saturated rings. The Balaban J connectivity index is 1.16. The van der Waals surface area contributed by atoms with Gasteiger partial charge in [-0.1, -0.05) is 36.4 Å². The van der Waals surface area contributed by atoms with Gasteiger partial charge in [-0.05, 0) is 123 Å². The molecule has 0 aliphatic heterocycles. The van der Waals surface area contributed by atoms with Crippen molar-refractivity contribution in [1.82, 2.24) is 19.9 Å². The molecule has 0 N–H and O–H groups in total. The van der Waals surface area contributed by atoms with Gasteiger partial charge in [-0.3, -0.25) is 9.97 Å². The summed E-state index contributed by atoms with van der Waals surface area (Å²) in [6.07, 6.45) is -18.9. The fraction of sp³-hybridized carbons (Fsp3) is 0.137. The zero-order chi connectivity index (χ0) is 50.9. The Kier molecular flexibility index (Phi) is 13.2. The quantitative estimate of drug-likeness (QED) is 0.112. The van der Waals surface area contributed by atoms with Crippen LogP contribution in [0.2, 0.25) is 0 Å². The number of hydrogen-bond donors (Lipinski definition) is 0. The first-order chi connectivity index (χ1) is 33.4. The monoisotopic (exact) mass is 992 g/mol. The van der Waals surface area contributed by atoms with E-state index in [1.54, 1.807) is 50.2 Å². The molecule has 8 aromatic rings. The van der Waals surface area contributed by atoms with Gasteiger partial charge >= 0.3 is 24.7 Å². The number of benzene rings is 4. The van der Waals surface area contributed by atoms with E-state index in [0.717, 1.165) is 72.8 Å². The second-order valence-corrected chi connectivity index (χ2v) is 16.0. The van der Waals surface area contributed by atoms with Gasteiger partial charge in [0.25, 0.3) is 0 Å². The summed E-state index contributed by atoms with van der Waals surface area (Å²) in [6, 6.07) is 30.9. The second-order valence-electron chi connectivity index (χ2n) is 16.0. The third kappa shape index (κ3) is 11.7. The van der Waals surface area contributed by atoms with Crippen LogP contribution in [-0.2, 0) is 30.1 Å². The van der Waals surface area contributed by atoms with Gasteiger partial charge in [-0.25, -0.2) is 0 Å². The van der Waals surface area contributed by atoms with E-state index in [4.69, 9.17) is 28.9 Å². The molecule has 8 nitrogen and oxygen atoms in total. The fourth-order valence-corrected chi connectivity index (χ4v) is 6.91. The van der Waals surface area contributed by atoms with Crippen LogP contribution in [0.15, 0.2) is 158 Å². The Morgan fingerprint density at radius 3 is 0.930 bits per heavy atom. The molecule has 4 aromatic heterocycles. The molecule has 0 saturated heterocycles. The molecule has 0 bridgehead atoms. The fourth-order valence-electron chi connectivity index (χ4n) is 6.91. The van der Waals surface area contributed by atoms with Crippen LogP contribution < -0.4 is 18.9 Å². The summed E-state index contributed by atoms with van der Waals surface area (Å²) < 4.78 is 186. The van der Waals surface area contributed by atoms with Gasteiger partial charge in [0, 0.05) is 17.5 Å². The van der Waals surface area contributed by atoms with Crippen molar-refractivity contribution in [3.8, 4) is 69.0 Å². The third-order valence-electron chi connectivity index (χ3n) is 10.5. The highest BCUT2D eigenvalue weighted by Gasteiger charge is 2.34. The van der Waals surface area contributed by atoms with Gasteiger partial charge in [0.15, 0.2) is 0 Å². The van der Waals surface area contributed by atoms with Crippen molar-refractivity contribution in [1.29, 1.82) is 0 Å². The van der Waals surface area contributed by atoms with E-state index in [1.165, 1.54) is 48.5 Å². The number of pyridine rings is 4. The van der Waals surface area contributed by atoms with Crippen LogP contribution in [0.3, 0.4) is 0 Å². The highest BCUT2D eigenvalue weighted by molar-refractivity contribution is 5.68. The predicted molar refractivity (Wildman–Crippen MR) is 233 cm³/mol. The van der Waals surface area contributed by atoms with Crippen LogP contribution in [0.1, 0.15) is 47.5 Å². The normalized spacial score (nSPS) is 12.4. The van der Waals surface area contributed by atoms with Crippen molar-refractivity contribution in [2.24, 2.45) is 0 Å². The zero-order valence-electron chi connectivity index (χ0n) is 36.5. The van der Waals surface area contributed by atoms with Gasteiger partial charge in [0.05, 0.1) is 56.2 Å². The molecule has 0 spiro atoms. The Hall–Kier alpha value is -8.16. The number of halogens is 12. The molecule has 8 rings (SSSR count). The number of ether oxygens (including phenoxy) is 4. The summed E-state index contributed by atoms with van der Waals surface area (Å²) in [6.45, 7) is 3.53. The smallest absolute Gasteiger partial charge is 0.416 e. The Morgan fingerprint density at radius 2 is 0.620 bits per heavy atom. The summed E-state index contributed by atoms with van der Waals surface area (Å²) in [5.74, 6) is -2.25. The van der Waals surface area contributed by atoms with E-state index in [-0.39, 0.29) is 69.0 Å². The molecular formula is C51H32F12N4O4. The van der Waals surface area contributed by atoms with E-state index in [2.05, 4.69) is 9.97 Å². The molecule has 0 saturated carbocycles. The Labute approximate surface area is 395 Å². The zero-order valence-corrected chi connectivity index (χ0v) is 36.5. The van der Waals surface area contributed by atoms with E-state index >= 15 is 0 Å². The minimum Gasteiger partial charge on any atom is -0.439 e. The SMILES string of the molecule is CC(C)(c1cccc(-c2ccc(Oc3cccc(C(F)(F)F)c3)nc2Oc2cccc(C(F)(F)F)c2)n1)c1cccc(-c2ccc(Oc3cccc(C(F)(F)F)c3)nc2Oc2cccc(C(F)(F)F)c2)n1. The van der Waals surface area contributed by atoms with Crippen molar-refractivity contribution >= 4 is 0 Å². The van der Waals surface area contributed by atoms with Crippen LogP contribution in [-0.4, -0.2) is 19.9 Å². The van der Waals surface area contributed by atoms with Crippen molar-refractivity contribution < 1.29 is 71.6 Å². The van der Waals surface area contributed by atoms with Crippen molar-refractivity contribution in [3.05, 3.63) is 191 Å². The van der Waals surface area contributed by atoms with Gasteiger partial charge in [-0.2, -0.15) is 62.7 Å². The molecular weight excluding hydrogens is 961 g/mol. The number of aromatic nitrogens is 4. The maximum Gasteiger partial charge on any atom is 0.416 e. The van der Waals surface area contributed by atoms with Crippen LogP contribution in [0, 0.1) is 0 Å². The molecule has 71 heavy (non-hydrogen) atoms. The summed E-state index contributed by atoms with van der Waals surface area (Å²) >= 11 is 0. The van der Waals surface area contributed by atoms with E-state index in [0.29, 0.717) is 11.4 Å². The van der Waals surface area contributed by atoms with Crippen molar-refractivity contribution in [2.45, 2.75) is 44.0 Å². The number of nitrogens with zero attached hydrogens (tertiary/aromatic N) is 4. The van der Waals surface area contributed by atoms with Crippen LogP contribution in [0.4, 0.5) is 52.7 Å². The molecule has 0 amide bonds. The van der Waals surface area contributed by atoms with Crippen molar-refractivity contribution in [2.75, 3.05) is 0 Å². The first-order valence-electron chi connectivity index (χ1n) is 20.8. The molecule has 364 valence electrons. The summed E-state index contributed by atoms with van der Waals surface area (Å²) in [4.78, 5) is 18.4. The number of alkyl halides is 12. The average Bonchev–Trinajstić information content (AvgIpc) is 3.31. The second kappa shape index (κ2) is 19.0. The number of rotatable bonds is 12. The molecule has 0 unspecified atom stereocenters. The van der Waals surface area contributed by atoms with Crippen LogP contribution >= 0.6 is 0 Å². The van der Waals surface area contributed by atoms with Gasteiger partial charge in [0.1, 0.15) is 23.0 Å². The van der Waals surface area contributed by atoms with Gasteiger partial charge in [0.2, 0.25) is 23.5 Å². The minimum absolute atomic E-state index is 0.132. The largest absolute Gasteiger partial charge is 0.439 e. The summed E-state index contributed by atoms with van der Waals surface area (Å²) in [5.41, 5.74) is -3.78. The predicted octanol–water partition coefficient (Wildman–Crippen LogP) is 16.2. The molecule has 0 atom stereocenters. The average molecular weight is 993 g/mol. The lowest BCUT2D eigenvalue weighted by atomic mass is 9.84. The van der Waals surface area contributed by atoms with E-state index in [9.17, 15) is 52.7 Å². The van der Waals surface area contributed by atoms with E-state index < -0.39 is 52.4 Å².